The largest absolute Gasteiger partial charge is 0.371 e. The normalized spacial score (nSPS) is 29.8. The second-order valence-corrected chi connectivity index (χ2v) is 9.56. The number of aliphatic hydroxyl groups excluding tert-OH is 1. The molecule has 0 spiro atoms. The number of fused-ring (bicyclic) bond motifs is 1. The Morgan fingerprint density at radius 3 is 2.65 bits per heavy atom. The molecule has 160 valence electrons. The Labute approximate surface area is 178 Å². The smallest absolute Gasteiger partial charge is 0.148 e. The van der Waals surface area contributed by atoms with Crippen molar-refractivity contribution in [1.29, 1.82) is 0 Å². The Hall–Kier alpha value is -2.87. The highest BCUT2D eigenvalue weighted by Crippen LogP contribution is 2.76. The SMILES string of the molecule is Cc1ccc2c(cnn2CC23CC(C(O)N4N=CCC4c4cc(F)cc(F)c4)(C2)C3)n1. The number of pyridine rings is 1. The molecule has 6 nitrogen and oxygen atoms in total. The summed E-state index contributed by atoms with van der Waals surface area (Å²) in [5.41, 5.74) is 3.32. The van der Waals surface area contributed by atoms with E-state index in [0.717, 1.165) is 48.6 Å². The molecule has 0 saturated heterocycles. The van der Waals surface area contributed by atoms with E-state index in [2.05, 4.69) is 21.3 Å². The van der Waals surface area contributed by atoms with Crippen molar-refractivity contribution >= 4 is 17.2 Å². The Bertz CT molecular complexity index is 1180. The van der Waals surface area contributed by atoms with Crippen molar-refractivity contribution in [3.05, 3.63) is 59.4 Å². The van der Waals surface area contributed by atoms with E-state index in [1.807, 2.05) is 17.7 Å². The molecule has 0 radical (unpaired) electrons. The van der Waals surface area contributed by atoms with Crippen LogP contribution in [-0.2, 0) is 6.54 Å². The van der Waals surface area contributed by atoms with E-state index in [-0.39, 0.29) is 16.9 Å². The molecule has 1 aromatic carbocycles. The number of halogens is 2. The lowest BCUT2D eigenvalue weighted by Crippen LogP contribution is -2.70. The molecule has 7 rings (SSSR count). The number of rotatable bonds is 5. The molecule has 31 heavy (non-hydrogen) atoms. The summed E-state index contributed by atoms with van der Waals surface area (Å²) in [5.74, 6) is -1.23. The molecule has 3 aliphatic carbocycles. The number of hydrogen-bond donors (Lipinski definition) is 1. The fraction of sp³-hybridized carbons (Fsp3) is 0.435. The quantitative estimate of drug-likeness (QED) is 0.675. The summed E-state index contributed by atoms with van der Waals surface area (Å²) in [7, 11) is 0. The van der Waals surface area contributed by atoms with E-state index in [9.17, 15) is 13.9 Å². The van der Waals surface area contributed by atoms with Crippen molar-refractivity contribution in [2.24, 2.45) is 15.9 Å². The first-order valence-corrected chi connectivity index (χ1v) is 10.6. The number of hydrogen-bond acceptors (Lipinski definition) is 5. The van der Waals surface area contributed by atoms with Gasteiger partial charge in [0.25, 0.3) is 0 Å². The standard InChI is InChI=1S/C23H23F2N5O/c1-14-2-3-20-18(28-14)9-27-29(20)13-22-10-23(11-22,12-22)21(31)30-19(4-5-26-30)15-6-16(24)8-17(25)7-15/h2-3,5-9,19,21,31H,4,10-13H2,1H3. The van der Waals surface area contributed by atoms with Gasteiger partial charge in [-0.3, -0.25) is 9.69 Å². The predicted octanol–water partition coefficient (Wildman–Crippen LogP) is 3.94. The highest BCUT2D eigenvalue weighted by Gasteiger charge is 2.72. The molecule has 3 saturated carbocycles. The van der Waals surface area contributed by atoms with Crippen molar-refractivity contribution in [2.45, 2.75) is 51.4 Å². The maximum Gasteiger partial charge on any atom is 0.148 e. The monoisotopic (exact) mass is 423 g/mol. The minimum Gasteiger partial charge on any atom is -0.371 e. The zero-order chi connectivity index (χ0) is 21.4. The highest BCUT2D eigenvalue weighted by molar-refractivity contribution is 5.74. The molecule has 8 heteroatoms. The molecule has 3 aromatic rings. The minimum atomic E-state index is -0.775. The average Bonchev–Trinajstić information content (AvgIpc) is 3.29. The van der Waals surface area contributed by atoms with Gasteiger partial charge in [-0.05, 0) is 61.4 Å². The molecule has 0 amide bonds. The minimum absolute atomic E-state index is 0.134. The van der Waals surface area contributed by atoms with Gasteiger partial charge in [0, 0.05) is 36.4 Å². The fourth-order valence-electron chi connectivity index (χ4n) is 6.04. The molecule has 3 fully saturated rings. The lowest BCUT2D eigenvalue weighted by Gasteiger charge is -2.72. The third-order valence-corrected chi connectivity index (χ3v) is 7.24. The highest BCUT2D eigenvalue weighted by atomic mass is 19.1. The summed E-state index contributed by atoms with van der Waals surface area (Å²) in [6, 6.07) is 7.21. The van der Waals surface area contributed by atoms with Crippen LogP contribution in [0.3, 0.4) is 0 Å². The summed E-state index contributed by atoms with van der Waals surface area (Å²) in [5, 5.41) is 21.7. The number of aromatic nitrogens is 3. The van der Waals surface area contributed by atoms with Crippen molar-refractivity contribution < 1.29 is 13.9 Å². The van der Waals surface area contributed by atoms with Gasteiger partial charge >= 0.3 is 0 Å². The summed E-state index contributed by atoms with van der Waals surface area (Å²) >= 11 is 0. The van der Waals surface area contributed by atoms with Crippen LogP contribution in [0, 0.1) is 29.4 Å². The van der Waals surface area contributed by atoms with E-state index in [0.29, 0.717) is 12.0 Å². The lowest BCUT2D eigenvalue weighted by molar-refractivity contribution is -0.297. The average molecular weight is 423 g/mol. The van der Waals surface area contributed by atoms with Crippen LogP contribution in [0.5, 0.6) is 0 Å². The molecule has 4 aliphatic rings. The van der Waals surface area contributed by atoms with Gasteiger partial charge < -0.3 is 5.11 Å². The first-order valence-electron chi connectivity index (χ1n) is 10.6. The van der Waals surface area contributed by atoms with Crippen LogP contribution in [0.25, 0.3) is 11.0 Å². The van der Waals surface area contributed by atoms with Crippen LogP contribution >= 0.6 is 0 Å². The molecule has 2 aromatic heterocycles. The second kappa shape index (κ2) is 6.32. The van der Waals surface area contributed by atoms with Gasteiger partial charge in [0.05, 0.1) is 17.8 Å². The van der Waals surface area contributed by atoms with Gasteiger partial charge in [-0.15, -0.1) is 0 Å². The van der Waals surface area contributed by atoms with Crippen molar-refractivity contribution in [3.63, 3.8) is 0 Å². The Balaban J connectivity index is 1.17. The van der Waals surface area contributed by atoms with Crippen molar-refractivity contribution in [3.8, 4) is 0 Å². The van der Waals surface area contributed by atoms with E-state index in [1.165, 1.54) is 12.1 Å². The third kappa shape index (κ3) is 2.81. The summed E-state index contributed by atoms with van der Waals surface area (Å²) in [6.45, 7) is 2.77. The third-order valence-electron chi connectivity index (χ3n) is 7.24. The number of aliphatic hydroxyl groups is 1. The zero-order valence-electron chi connectivity index (χ0n) is 17.2. The molecule has 2 bridgehead atoms. The molecule has 3 heterocycles. The lowest BCUT2D eigenvalue weighted by atomic mass is 9.34. The predicted molar refractivity (Wildman–Crippen MR) is 111 cm³/mol. The maximum absolute atomic E-state index is 13.7. The van der Waals surface area contributed by atoms with Gasteiger partial charge in [-0.25, -0.2) is 13.8 Å². The van der Waals surface area contributed by atoms with E-state index in [4.69, 9.17) is 0 Å². The maximum atomic E-state index is 13.7. The van der Waals surface area contributed by atoms with E-state index >= 15 is 0 Å². The fourth-order valence-corrected chi connectivity index (χ4v) is 6.04. The van der Waals surface area contributed by atoms with Crippen LogP contribution in [0.2, 0.25) is 0 Å². The molecule has 2 atom stereocenters. The first-order chi connectivity index (χ1) is 14.9. The number of benzene rings is 1. The summed E-state index contributed by atoms with van der Waals surface area (Å²) < 4.78 is 29.5. The van der Waals surface area contributed by atoms with Crippen LogP contribution in [0.4, 0.5) is 8.78 Å². The number of aryl methyl sites for hydroxylation is 1. The van der Waals surface area contributed by atoms with Crippen molar-refractivity contribution in [1.82, 2.24) is 19.8 Å². The van der Waals surface area contributed by atoms with Gasteiger partial charge in [0.15, 0.2) is 0 Å². The molecule has 1 N–H and O–H groups in total. The molecule has 2 unspecified atom stereocenters. The molecular weight excluding hydrogens is 400 g/mol. The summed E-state index contributed by atoms with van der Waals surface area (Å²) in [4.78, 5) is 4.53. The van der Waals surface area contributed by atoms with Gasteiger partial charge in [0.2, 0.25) is 0 Å². The van der Waals surface area contributed by atoms with Gasteiger partial charge in [-0.1, -0.05) is 0 Å². The second-order valence-electron chi connectivity index (χ2n) is 9.56. The van der Waals surface area contributed by atoms with E-state index < -0.39 is 17.9 Å². The Kier molecular flexibility index (Phi) is 3.85. The van der Waals surface area contributed by atoms with Crippen LogP contribution in [0.15, 0.2) is 41.6 Å². The molecular formula is C23H23F2N5O. The Morgan fingerprint density at radius 1 is 1.16 bits per heavy atom. The van der Waals surface area contributed by atoms with Crippen molar-refractivity contribution in [2.75, 3.05) is 0 Å². The van der Waals surface area contributed by atoms with E-state index in [1.54, 1.807) is 17.4 Å². The van der Waals surface area contributed by atoms with Crippen LogP contribution in [-0.4, -0.2) is 37.3 Å². The van der Waals surface area contributed by atoms with Gasteiger partial charge in [0.1, 0.15) is 23.4 Å². The number of nitrogens with zero attached hydrogens (tertiary/aromatic N) is 5. The first kappa shape index (κ1) is 18.9. The molecule has 1 aliphatic heterocycles. The van der Waals surface area contributed by atoms with Crippen LogP contribution < -0.4 is 0 Å². The van der Waals surface area contributed by atoms with Gasteiger partial charge in [-0.2, -0.15) is 10.2 Å². The topological polar surface area (TPSA) is 66.5 Å². The zero-order valence-corrected chi connectivity index (χ0v) is 17.2. The van der Waals surface area contributed by atoms with Crippen LogP contribution in [0.1, 0.15) is 43.0 Å². The Morgan fingerprint density at radius 2 is 1.90 bits per heavy atom. The summed E-state index contributed by atoms with van der Waals surface area (Å²) in [6.07, 6.45) is 5.92. The number of hydrazone groups is 1.